The van der Waals surface area contributed by atoms with E-state index in [-0.39, 0.29) is 24.3 Å². The van der Waals surface area contributed by atoms with E-state index in [0.29, 0.717) is 6.29 Å². The Bertz CT molecular complexity index is 376. The average Bonchev–Trinajstić information content (AvgIpc) is 2.16. The predicted octanol–water partition coefficient (Wildman–Crippen LogP) is 1.49. The molecular weight excluding hydrogens is 203 g/mol. The van der Waals surface area contributed by atoms with Crippen LogP contribution in [-0.4, -0.2) is 24.0 Å². The third-order valence-corrected chi connectivity index (χ3v) is 1.61. The van der Waals surface area contributed by atoms with Crippen molar-refractivity contribution in [3.63, 3.8) is 0 Å². The van der Waals surface area contributed by atoms with Gasteiger partial charge in [-0.3, -0.25) is 9.59 Å². The van der Waals surface area contributed by atoms with Crippen molar-refractivity contribution < 1.29 is 23.8 Å². The first-order chi connectivity index (χ1) is 7.11. The van der Waals surface area contributed by atoms with Gasteiger partial charge in [-0.15, -0.1) is 0 Å². The highest BCUT2D eigenvalue weighted by Gasteiger charge is 2.02. The lowest BCUT2D eigenvalue weighted by molar-refractivity contribution is -0.137. The van der Waals surface area contributed by atoms with Crippen LogP contribution in [0.2, 0.25) is 0 Å². The minimum absolute atomic E-state index is 0.0584. The number of carboxylic acid groups (broad SMARTS) is 1. The molecule has 1 rings (SSSR count). The Labute approximate surface area is 85.3 Å². The minimum Gasteiger partial charge on any atom is -0.493 e. The predicted molar refractivity (Wildman–Crippen MR) is 49.5 cm³/mol. The zero-order valence-electron chi connectivity index (χ0n) is 7.77. The first kappa shape index (κ1) is 11.2. The number of aldehydes is 1. The topological polar surface area (TPSA) is 63.6 Å². The molecule has 15 heavy (non-hydrogen) atoms. The van der Waals surface area contributed by atoms with Crippen LogP contribution in [0, 0.1) is 5.82 Å². The summed E-state index contributed by atoms with van der Waals surface area (Å²) in [6, 6.07) is 3.50. The molecule has 0 atom stereocenters. The van der Waals surface area contributed by atoms with E-state index in [4.69, 9.17) is 9.84 Å². The van der Waals surface area contributed by atoms with Crippen LogP contribution in [-0.2, 0) is 4.79 Å². The van der Waals surface area contributed by atoms with Crippen molar-refractivity contribution in [2.75, 3.05) is 6.61 Å². The highest BCUT2D eigenvalue weighted by Crippen LogP contribution is 2.15. The quantitative estimate of drug-likeness (QED) is 0.751. The van der Waals surface area contributed by atoms with Gasteiger partial charge >= 0.3 is 5.97 Å². The molecule has 5 heteroatoms. The van der Waals surface area contributed by atoms with Gasteiger partial charge in [0.15, 0.2) is 0 Å². The number of carbonyl (C=O) groups excluding carboxylic acids is 1. The number of hydrogen-bond acceptors (Lipinski definition) is 3. The molecule has 0 heterocycles. The zero-order chi connectivity index (χ0) is 11.3. The smallest absolute Gasteiger partial charge is 0.306 e. The van der Waals surface area contributed by atoms with Gasteiger partial charge in [-0.05, 0) is 12.1 Å². The molecule has 0 aliphatic heterocycles. The highest BCUT2D eigenvalue weighted by molar-refractivity contribution is 5.75. The van der Waals surface area contributed by atoms with E-state index in [9.17, 15) is 14.0 Å². The first-order valence-electron chi connectivity index (χ1n) is 4.22. The van der Waals surface area contributed by atoms with Crippen molar-refractivity contribution >= 4 is 12.3 Å². The summed E-state index contributed by atoms with van der Waals surface area (Å²) in [5.41, 5.74) is 0.153. The third-order valence-electron chi connectivity index (χ3n) is 1.61. The van der Waals surface area contributed by atoms with E-state index in [1.165, 1.54) is 6.07 Å². The van der Waals surface area contributed by atoms with Gasteiger partial charge in [0.05, 0.1) is 13.0 Å². The average molecular weight is 212 g/mol. The van der Waals surface area contributed by atoms with E-state index in [0.717, 1.165) is 12.1 Å². The van der Waals surface area contributed by atoms with Crippen LogP contribution < -0.4 is 4.74 Å². The molecule has 0 radical (unpaired) electrons. The van der Waals surface area contributed by atoms with Crippen molar-refractivity contribution in [2.45, 2.75) is 6.42 Å². The number of ether oxygens (including phenoxy) is 1. The maximum Gasteiger partial charge on any atom is 0.306 e. The normalized spacial score (nSPS) is 9.67. The van der Waals surface area contributed by atoms with Crippen LogP contribution in [0.5, 0.6) is 5.75 Å². The fourth-order valence-electron chi connectivity index (χ4n) is 0.992. The second kappa shape index (κ2) is 5.09. The molecule has 0 aromatic heterocycles. The number of halogens is 1. The summed E-state index contributed by atoms with van der Waals surface area (Å²) in [4.78, 5) is 20.5. The molecule has 1 aromatic carbocycles. The van der Waals surface area contributed by atoms with Gasteiger partial charge in [-0.1, -0.05) is 0 Å². The van der Waals surface area contributed by atoms with Crippen molar-refractivity contribution in [1.82, 2.24) is 0 Å². The number of carboxylic acids is 1. The van der Waals surface area contributed by atoms with E-state index in [1.807, 2.05) is 0 Å². The van der Waals surface area contributed by atoms with Crippen molar-refractivity contribution in [1.29, 1.82) is 0 Å². The van der Waals surface area contributed by atoms with E-state index in [2.05, 4.69) is 0 Å². The summed E-state index contributed by atoms with van der Waals surface area (Å²) in [5.74, 6) is -1.44. The monoisotopic (exact) mass is 212 g/mol. The number of aliphatic carboxylic acids is 1. The molecular formula is C10H9FO4. The molecule has 0 unspecified atom stereocenters. The summed E-state index contributed by atoms with van der Waals surface area (Å²) in [7, 11) is 0. The van der Waals surface area contributed by atoms with Crippen LogP contribution in [0.3, 0.4) is 0 Å². The summed E-state index contributed by atoms with van der Waals surface area (Å²) >= 11 is 0. The Morgan fingerprint density at radius 2 is 2.20 bits per heavy atom. The summed E-state index contributed by atoms with van der Waals surface area (Å²) in [6.07, 6.45) is 0.320. The molecule has 0 aliphatic carbocycles. The van der Waals surface area contributed by atoms with Crippen molar-refractivity contribution in [3.8, 4) is 5.75 Å². The Morgan fingerprint density at radius 3 is 2.80 bits per heavy atom. The van der Waals surface area contributed by atoms with Crippen molar-refractivity contribution in [2.24, 2.45) is 0 Å². The van der Waals surface area contributed by atoms with Gasteiger partial charge in [-0.2, -0.15) is 0 Å². The molecule has 1 aromatic rings. The second-order valence-electron chi connectivity index (χ2n) is 2.83. The van der Waals surface area contributed by atoms with E-state index >= 15 is 0 Å². The number of hydrogen-bond donors (Lipinski definition) is 1. The fraction of sp³-hybridized carbons (Fsp3) is 0.200. The molecule has 0 amide bonds. The molecule has 0 aliphatic rings. The van der Waals surface area contributed by atoms with Crippen LogP contribution in [0.4, 0.5) is 4.39 Å². The molecule has 80 valence electrons. The maximum absolute atomic E-state index is 12.8. The molecule has 0 saturated carbocycles. The maximum atomic E-state index is 12.8. The SMILES string of the molecule is O=Cc1cc(F)cc(OCCC(=O)O)c1. The first-order valence-corrected chi connectivity index (χ1v) is 4.22. The molecule has 0 spiro atoms. The highest BCUT2D eigenvalue weighted by atomic mass is 19.1. The Morgan fingerprint density at radius 1 is 1.47 bits per heavy atom. The van der Waals surface area contributed by atoms with Gasteiger partial charge in [0, 0.05) is 11.6 Å². The van der Waals surface area contributed by atoms with Gasteiger partial charge < -0.3 is 9.84 Å². The number of rotatable bonds is 5. The second-order valence-corrected chi connectivity index (χ2v) is 2.83. The Balaban J connectivity index is 2.64. The van der Waals surface area contributed by atoms with Crippen LogP contribution in [0.15, 0.2) is 18.2 Å². The Hall–Kier alpha value is -1.91. The fourth-order valence-corrected chi connectivity index (χ4v) is 0.992. The largest absolute Gasteiger partial charge is 0.493 e. The van der Waals surface area contributed by atoms with Crippen LogP contribution in [0.1, 0.15) is 16.8 Å². The van der Waals surface area contributed by atoms with Gasteiger partial charge in [-0.25, -0.2) is 4.39 Å². The van der Waals surface area contributed by atoms with Crippen molar-refractivity contribution in [3.05, 3.63) is 29.6 Å². The molecule has 0 fully saturated rings. The van der Waals surface area contributed by atoms with E-state index < -0.39 is 11.8 Å². The summed E-state index contributed by atoms with van der Waals surface area (Å²) in [5, 5.41) is 8.34. The lowest BCUT2D eigenvalue weighted by atomic mass is 10.2. The third kappa shape index (κ3) is 3.76. The van der Waals surface area contributed by atoms with Gasteiger partial charge in [0.1, 0.15) is 17.9 Å². The molecule has 4 nitrogen and oxygen atoms in total. The summed E-state index contributed by atoms with van der Waals surface area (Å²) in [6.45, 7) is -0.0584. The van der Waals surface area contributed by atoms with Gasteiger partial charge in [0.25, 0.3) is 0 Å². The molecule has 1 N–H and O–H groups in total. The number of carbonyl (C=O) groups is 2. The standard InChI is InChI=1S/C10H9FO4/c11-8-3-7(6-12)4-9(5-8)15-2-1-10(13)14/h3-6H,1-2H2,(H,13,14). The lowest BCUT2D eigenvalue weighted by Crippen LogP contribution is -2.05. The Kier molecular flexibility index (Phi) is 3.79. The molecule has 0 bridgehead atoms. The van der Waals surface area contributed by atoms with Crippen LogP contribution in [0.25, 0.3) is 0 Å². The number of benzene rings is 1. The zero-order valence-corrected chi connectivity index (χ0v) is 7.77. The summed E-state index contributed by atoms with van der Waals surface area (Å²) < 4.78 is 17.8. The minimum atomic E-state index is -0.998. The van der Waals surface area contributed by atoms with Gasteiger partial charge in [0.2, 0.25) is 0 Å². The van der Waals surface area contributed by atoms with Crippen LogP contribution >= 0.6 is 0 Å². The molecule has 0 saturated heterocycles. The van der Waals surface area contributed by atoms with E-state index in [1.54, 1.807) is 0 Å². The lowest BCUT2D eigenvalue weighted by Gasteiger charge is -2.04.